The Hall–Kier alpha value is -3.55. The largest absolute Gasteiger partial charge is 0.507 e. The zero-order valence-corrected chi connectivity index (χ0v) is 15.7. The lowest BCUT2D eigenvalue weighted by Crippen LogP contribution is -2.59. The van der Waals surface area contributed by atoms with Gasteiger partial charge < -0.3 is 19.9 Å². The van der Waals surface area contributed by atoms with Gasteiger partial charge in [0.1, 0.15) is 22.6 Å². The monoisotopic (exact) mass is 384 g/mol. The average molecular weight is 384 g/mol. The molecule has 0 fully saturated rings. The van der Waals surface area contributed by atoms with Crippen molar-refractivity contribution in [1.29, 1.82) is 0 Å². The summed E-state index contributed by atoms with van der Waals surface area (Å²) in [5.41, 5.74) is -0.284. The zero-order chi connectivity index (χ0) is 20.5. The number of phenols is 1. The fraction of sp³-hybridized carbons (Fsp3) is 0.250. The molecule has 0 saturated heterocycles. The second-order valence-corrected chi connectivity index (χ2v) is 6.72. The molecule has 0 unspecified atom stereocenters. The van der Waals surface area contributed by atoms with E-state index in [1.807, 2.05) is 0 Å². The topological polar surface area (TPSA) is 105 Å². The van der Waals surface area contributed by atoms with Gasteiger partial charge in [0.25, 0.3) is 5.91 Å². The van der Waals surface area contributed by atoms with E-state index < -0.39 is 24.0 Å². The van der Waals surface area contributed by atoms with Crippen LogP contribution < -0.4 is 15.0 Å². The highest BCUT2D eigenvalue weighted by molar-refractivity contribution is 6.14. The molecule has 1 aliphatic rings. The summed E-state index contributed by atoms with van der Waals surface area (Å²) in [6.45, 7) is 2.61. The second kappa shape index (κ2) is 7.22. The number of esters is 1. The molecule has 0 aliphatic carbocycles. The van der Waals surface area contributed by atoms with Crippen molar-refractivity contribution in [2.24, 2.45) is 0 Å². The van der Waals surface area contributed by atoms with Gasteiger partial charge in [-0.2, -0.15) is 0 Å². The van der Waals surface area contributed by atoms with E-state index >= 15 is 0 Å². The number of nitrogens with zero attached hydrogens (tertiary/aromatic N) is 1. The highest BCUT2D eigenvalue weighted by Crippen LogP contribution is 2.36. The van der Waals surface area contributed by atoms with E-state index in [0.29, 0.717) is 17.1 Å². The first-order chi connectivity index (χ1) is 13.3. The van der Waals surface area contributed by atoms with Gasteiger partial charge in [0.05, 0.1) is 18.5 Å². The Morgan fingerprint density at radius 2 is 1.89 bits per heavy atom. The first kappa shape index (κ1) is 19.2. The molecule has 0 aromatic heterocycles. The third kappa shape index (κ3) is 3.36. The number of anilines is 2. The summed E-state index contributed by atoms with van der Waals surface area (Å²) in [5.74, 6) is -1.73. The fourth-order valence-corrected chi connectivity index (χ4v) is 2.97. The maximum atomic E-state index is 12.8. The summed E-state index contributed by atoms with van der Waals surface area (Å²) in [4.78, 5) is 38.9. The van der Waals surface area contributed by atoms with E-state index in [2.05, 4.69) is 5.32 Å². The number of nitrogens with one attached hydrogen (secondary N) is 1. The number of phenolic OH excluding ortho intramolecular Hbond substituents is 1. The Kier molecular flexibility index (Phi) is 4.96. The molecule has 8 heteroatoms. The number of rotatable bonds is 4. The summed E-state index contributed by atoms with van der Waals surface area (Å²) < 4.78 is 10.1. The predicted molar refractivity (Wildman–Crippen MR) is 102 cm³/mol. The number of carbonyl (C=O) groups is 3. The third-order valence-corrected chi connectivity index (χ3v) is 4.51. The Bertz CT molecular complexity index is 953. The maximum Gasteiger partial charge on any atom is 0.342 e. The van der Waals surface area contributed by atoms with Gasteiger partial charge in [-0.05, 0) is 44.2 Å². The van der Waals surface area contributed by atoms with Gasteiger partial charge in [0, 0.05) is 0 Å². The molecule has 0 saturated carbocycles. The molecule has 2 aromatic carbocycles. The molecule has 8 nitrogen and oxygen atoms in total. The van der Waals surface area contributed by atoms with E-state index in [1.54, 1.807) is 38.1 Å². The summed E-state index contributed by atoms with van der Waals surface area (Å²) in [6.07, 6.45) is 0. The standard InChI is InChI=1S/C20H20N2O6/c1-20(2)19(26)21-14-6-4-5-7-15(14)22(20)17(24)11-28-18(25)13-10-12(27-3)8-9-16(13)23/h4-10,23H,11H2,1-3H3,(H,21,26). The first-order valence-electron chi connectivity index (χ1n) is 8.53. The van der Waals surface area contributed by atoms with Crippen LogP contribution in [0.15, 0.2) is 42.5 Å². The Balaban J connectivity index is 1.81. The molecule has 28 heavy (non-hydrogen) atoms. The van der Waals surface area contributed by atoms with E-state index in [9.17, 15) is 19.5 Å². The molecular weight excluding hydrogens is 364 g/mol. The number of benzene rings is 2. The van der Waals surface area contributed by atoms with Crippen LogP contribution in [0.1, 0.15) is 24.2 Å². The van der Waals surface area contributed by atoms with Gasteiger partial charge in [0.2, 0.25) is 5.91 Å². The van der Waals surface area contributed by atoms with Crippen LogP contribution in [0.25, 0.3) is 0 Å². The summed E-state index contributed by atoms with van der Waals surface area (Å²) >= 11 is 0. The summed E-state index contributed by atoms with van der Waals surface area (Å²) in [5, 5.41) is 12.6. The molecule has 0 spiro atoms. The van der Waals surface area contributed by atoms with Crippen molar-refractivity contribution in [2.45, 2.75) is 19.4 Å². The highest BCUT2D eigenvalue weighted by Gasteiger charge is 2.43. The van der Waals surface area contributed by atoms with Crippen LogP contribution in [0, 0.1) is 0 Å². The van der Waals surface area contributed by atoms with Crippen molar-refractivity contribution in [2.75, 3.05) is 23.9 Å². The van der Waals surface area contributed by atoms with Gasteiger partial charge in [-0.3, -0.25) is 14.5 Å². The summed E-state index contributed by atoms with van der Waals surface area (Å²) in [7, 11) is 1.42. The zero-order valence-electron chi connectivity index (χ0n) is 15.7. The molecule has 0 bridgehead atoms. The molecule has 1 aliphatic heterocycles. The quantitative estimate of drug-likeness (QED) is 0.784. The highest BCUT2D eigenvalue weighted by atomic mass is 16.5. The maximum absolute atomic E-state index is 12.8. The Morgan fingerprint density at radius 1 is 1.18 bits per heavy atom. The first-order valence-corrected chi connectivity index (χ1v) is 8.53. The number of aromatic hydroxyl groups is 1. The van der Waals surface area contributed by atoms with Crippen LogP contribution >= 0.6 is 0 Å². The molecule has 2 amide bonds. The second-order valence-electron chi connectivity index (χ2n) is 6.72. The fourth-order valence-electron chi connectivity index (χ4n) is 2.97. The van der Waals surface area contributed by atoms with Crippen molar-refractivity contribution in [3.8, 4) is 11.5 Å². The van der Waals surface area contributed by atoms with E-state index in [0.717, 1.165) is 0 Å². The number of amides is 2. The lowest BCUT2D eigenvalue weighted by Gasteiger charge is -2.41. The van der Waals surface area contributed by atoms with Gasteiger partial charge in [-0.1, -0.05) is 12.1 Å². The number of para-hydroxylation sites is 2. The minimum atomic E-state index is -1.17. The van der Waals surface area contributed by atoms with Crippen LogP contribution in [-0.2, 0) is 14.3 Å². The lowest BCUT2D eigenvalue weighted by molar-refractivity contribution is -0.128. The number of fused-ring (bicyclic) bond motifs is 1. The number of carbonyl (C=O) groups excluding carboxylic acids is 3. The van der Waals surface area contributed by atoms with Crippen LogP contribution in [0.3, 0.4) is 0 Å². The van der Waals surface area contributed by atoms with Gasteiger partial charge >= 0.3 is 5.97 Å². The molecule has 0 atom stereocenters. The van der Waals surface area contributed by atoms with Crippen LogP contribution in [-0.4, -0.2) is 42.1 Å². The number of methoxy groups -OCH3 is 1. The van der Waals surface area contributed by atoms with Crippen molar-refractivity contribution < 1.29 is 29.0 Å². The van der Waals surface area contributed by atoms with Crippen molar-refractivity contribution in [3.63, 3.8) is 0 Å². The van der Waals surface area contributed by atoms with Crippen LogP contribution in [0.2, 0.25) is 0 Å². The molecule has 0 radical (unpaired) electrons. The van der Waals surface area contributed by atoms with Crippen molar-refractivity contribution in [1.82, 2.24) is 0 Å². The molecule has 3 rings (SSSR count). The number of hydrogen-bond donors (Lipinski definition) is 2. The average Bonchev–Trinajstić information content (AvgIpc) is 2.67. The molecule has 146 valence electrons. The molecule has 2 N–H and O–H groups in total. The minimum absolute atomic E-state index is 0.122. The van der Waals surface area contributed by atoms with Crippen molar-refractivity contribution >= 4 is 29.2 Å². The Morgan fingerprint density at radius 3 is 2.61 bits per heavy atom. The number of ether oxygens (including phenoxy) is 2. The Labute approximate surface area is 161 Å². The minimum Gasteiger partial charge on any atom is -0.507 e. The van der Waals surface area contributed by atoms with Gasteiger partial charge in [-0.25, -0.2) is 4.79 Å². The van der Waals surface area contributed by atoms with E-state index in [-0.39, 0.29) is 17.2 Å². The molecule has 1 heterocycles. The molecular formula is C20H20N2O6. The van der Waals surface area contributed by atoms with E-state index in [1.165, 1.54) is 30.2 Å². The SMILES string of the molecule is COc1ccc(O)c(C(=O)OCC(=O)N2c3ccccc3NC(=O)C2(C)C)c1. The molecule has 2 aromatic rings. The van der Waals surface area contributed by atoms with Crippen LogP contribution in [0.4, 0.5) is 11.4 Å². The number of hydrogen-bond acceptors (Lipinski definition) is 6. The van der Waals surface area contributed by atoms with Crippen molar-refractivity contribution in [3.05, 3.63) is 48.0 Å². The van der Waals surface area contributed by atoms with E-state index in [4.69, 9.17) is 9.47 Å². The summed E-state index contributed by atoms with van der Waals surface area (Å²) in [6, 6.07) is 11.0. The predicted octanol–water partition coefficient (Wildman–Crippen LogP) is 2.32. The third-order valence-electron chi connectivity index (χ3n) is 4.51. The van der Waals surface area contributed by atoms with Gasteiger partial charge in [0.15, 0.2) is 6.61 Å². The normalized spacial score (nSPS) is 14.7. The lowest BCUT2D eigenvalue weighted by atomic mass is 9.96. The van der Waals surface area contributed by atoms with Gasteiger partial charge in [-0.15, -0.1) is 0 Å². The van der Waals surface area contributed by atoms with Crippen LogP contribution in [0.5, 0.6) is 11.5 Å². The smallest absolute Gasteiger partial charge is 0.342 e.